The van der Waals surface area contributed by atoms with Crippen LogP contribution < -0.4 is 4.90 Å². The molecule has 2 nitrogen and oxygen atoms in total. The third-order valence-electron chi connectivity index (χ3n) is 15.0. The largest absolute Gasteiger partial charge is 0.336 e. The maximum Gasteiger partial charge on any atom is 0.0547 e. The number of anilines is 2. The number of hydrogen-bond donors (Lipinski definition) is 0. The predicted molar refractivity (Wildman–Crippen MR) is 311 cm³/mol. The molecule has 1 aromatic heterocycles. The van der Waals surface area contributed by atoms with Crippen molar-refractivity contribution in [2.45, 2.75) is 6.54 Å². The van der Waals surface area contributed by atoms with Crippen LogP contribution in [0.25, 0.3) is 115 Å². The Morgan fingerprint density at radius 2 is 0.808 bits per heavy atom. The first-order valence-corrected chi connectivity index (χ1v) is 25.3. The predicted octanol–water partition coefficient (Wildman–Crippen LogP) is 19.4. The lowest BCUT2D eigenvalue weighted by atomic mass is 9.92. The summed E-state index contributed by atoms with van der Waals surface area (Å²) in [6, 6.07) is 103. The molecule has 2 heteroatoms. The Kier molecular flexibility index (Phi) is 10.3. The van der Waals surface area contributed by atoms with Crippen LogP contribution in [0.15, 0.2) is 279 Å². The van der Waals surface area contributed by atoms with Gasteiger partial charge in [0, 0.05) is 39.9 Å². The summed E-state index contributed by atoms with van der Waals surface area (Å²) in [5, 5.41) is 12.7. The van der Waals surface area contributed by atoms with Gasteiger partial charge in [0.2, 0.25) is 0 Å². The van der Waals surface area contributed by atoms with Crippen molar-refractivity contribution in [3.63, 3.8) is 0 Å². The van der Waals surface area contributed by atoms with Gasteiger partial charge in [0.15, 0.2) is 0 Å². The third kappa shape index (κ3) is 7.43. The summed E-state index contributed by atoms with van der Waals surface area (Å²) in [5.41, 5.74) is 16.5. The molecule has 0 spiro atoms. The minimum absolute atomic E-state index is 0.650. The van der Waals surface area contributed by atoms with Crippen LogP contribution in [0.1, 0.15) is 5.56 Å². The quantitative estimate of drug-likeness (QED) is 0.131. The molecule has 14 rings (SSSR count). The van der Waals surface area contributed by atoms with Crippen LogP contribution >= 0.6 is 0 Å². The van der Waals surface area contributed by atoms with Gasteiger partial charge in [0.1, 0.15) is 0 Å². The molecule has 1 heterocycles. The highest BCUT2D eigenvalue weighted by Gasteiger charge is 2.21. The van der Waals surface area contributed by atoms with Gasteiger partial charge in [0.25, 0.3) is 0 Å². The third-order valence-corrected chi connectivity index (χ3v) is 15.0. The highest BCUT2D eigenvalue weighted by molar-refractivity contribution is 6.25. The van der Waals surface area contributed by atoms with E-state index in [1.165, 1.54) is 104 Å². The normalized spacial score (nSPS) is 11.6. The van der Waals surface area contributed by atoms with Crippen molar-refractivity contribution in [1.29, 1.82) is 0 Å². The Morgan fingerprint density at radius 3 is 1.55 bits per heavy atom. The maximum atomic E-state index is 2.52. The number of fused-ring (bicyclic) bond motifs is 10. The molecule has 73 heavy (non-hydrogen) atoms. The number of benzene rings is 13. The van der Waals surface area contributed by atoms with Crippen LogP contribution in [-0.2, 0) is 6.54 Å². The average Bonchev–Trinajstić information content (AvgIpc) is 3.79. The molecule has 0 aliphatic rings. The lowest BCUT2D eigenvalue weighted by Crippen LogP contribution is -2.18. The second-order valence-corrected chi connectivity index (χ2v) is 19.2. The Bertz CT molecular complexity index is 4360. The first kappa shape index (κ1) is 42.4. The van der Waals surface area contributed by atoms with E-state index in [-0.39, 0.29) is 0 Å². The molecule has 0 atom stereocenters. The van der Waals surface area contributed by atoms with Crippen molar-refractivity contribution in [3.8, 4) is 50.2 Å². The summed E-state index contributed by atoms with van der Waals surface area (Å²) < 4.78 is 2.45. The van der Waals surface area contributed by atoms with Crippen LogP contribution in [0.5, 0.6) is 0 Å². The molecule has 342 valence electrons. The molecule has 0 aliphatic carbocycles. The zero-order valence-corrected chi connectivity index (χ0v) is 40.2. The first-order chi connectivity index (χ1) is 36.2. The molecule has 0 N–H and O–H groups in total. The molecule has 0 unspecified atom stereocenters. The summed E-state index contributed by atoms with van der Waals surface area (Å²) in [6.45, 7) is 0.650. The van der Waals surface area contributed by atoms with Gasteiger partial charge in [-0.05, 0) is 148 Å². The van der Waals surface area contributed by atoms with Gasteiger partial charge >= 0.3 is 0 Å². The lowest BCUT2D eigenvalue weighted by Gasteiger charge is -2.29. The topological polar surface area (TPSA) is 8.17 Å². The Hall–Kier alpha value is -9.50. The van der Waals surface area contributed by atoms with Crippen LogP contribution in [-0.4, -0.2) is 4.57 Å². The zero-order valence-electron chi connectivity index (χ0n) is 40.2. The SMILES string of the molecule is c1ccc(-c2ccc(N(Cc3ccccc3-c3ccccc3)c3ccc(-c4ccc5c6ccccc6c6ccccc6c5c4)cc3)c(-c3cccc(-n4c5ccccc5c5cc6ccccc6cc54)c3)c2)cc1. The summed E-state index contributed by atoms with van der Waals surface area (Å²) in [6.07, 6.45) is 0. The van der Waals surface area contributed by atoms with Crippen LogP contribution in [0, 0.1) is 0 Å². The number of nitrogens with zero attached hydrogens (tertiary/aromatic N) is 2. The molecule has 0 bridgehead atoms. The van der Waals surface area contributed by atoms with Crippen molar-refractivity contribution < 1.29 is 0 Å². The van der Waals surface area contributed by atoms with Gasteiger partial charge in [-0.15, -0.1) is 0 Å². The van der Waals surface area contributed by atoms with E-state index in [2.05, 4.69) is 289 Å². The molecule has 0 amide bonds. The van der Waals surface area contributed by atoms with Gasteiger partial charge in [-0.2, -0.15) is 0 Å². The summed E-state index contributed by atoms with van der Waals surface area (Å²) in [4.78, 5) is 2.52. The Balaban J connectivity index is 0.950. The molecule has 0 fully saturated rings. The summed E-state index contributed by atoms with van der Waals surface area (Å²) in [7, 11) is 0. The lowest BCUT2D eigenvalue weighted by molar-refractivity contribution is 0.978. The van der Waals surface area contributed by atoms with Crippen molar-refractivity contribution in [1.82, 2.24) is 4.57 Å². The van der Waals surface area contributed by atoms with Gasteiger partial charge in [-0.25, -0.2) is 0 Å². The second kappa shape index (κ2) is 17.7. The van der Waals surface area contributed by atoms with E-state index in [0.29, 0.717) is 6.54 Å². The molecule has 13 aromatic carbocycles. The van der Waals surface area contributed by atoms with Crippen molar-refractivity contribution >= 4 is 76.3 Å². The van der Waals surface area contributed by atoms with Gasteiger partial charge in [0.05, 0.1) is 11.0 Å². The van der Waals surface area contributed by atoms with Crippen molar-refractivity contribution in [2.24, 2.45) is 0 Å². The fraction of sp³-hybridized carbons (Fsp3) is 0.0141. The van der Waals surface area contributed by atoms with Crippen molar-refractivity contribution in [3.05, 3.63) is 285 Å². The first-order valence-electron chi connectivity index (χ1n) is 25.3. The average molecular weight is 929 g/mol. The number of aromatic nitrogens is 1. The number of hydrogen-bond acceptors (Lipinski definition) is 1. The van der Waals surface area contributed by atoms with E-state index in [4.69, 9.17) is 0 Å². The van der Waals surface area contributed by atoms with E-state index < -0.39 is 0 Å². The summed E-state index contributed by atoms with van der Waals surface area (Å²) in [5.74, 6) is 0. The fourth-order valence-electron chi connectivity index (χ4n) is 11.5. The molecular weight excluding hydrogens is 881 g/mol. The van der Waals surface area contributed by atoms with E-state index in [1.54, 1.807) is 0 Å². The monoisotopic (exact) mass is 928 g/mol. The van der Waals surface area contributed by atoms with E-state index in [1.807, 2.05) is 0 Å². The molecule has 0 aliphatic heterocycles. The fourth-order valence-corrected chi connectivity index (χ4v) is 11.5. The minimum atomic E-state index is 0.650. The smallest absolute Gasteiger partial charge is 0.0547 e. The number of rotatable bonds is 9. The maximum absolute atomic E-state index is 2.52. The van der Waals surface area contributed by atoms with Crippen LogP contribution in [0.3, 0.4) is 0 Å². The molecule has 0 saturated heterocycles. The van der Waals surface area contributed by atoms with E-state index in [0.717, 1.165) is 28.2 Å². The minimum Gasteiger partial charge on any atom is -0.336 e. The Labute approximate surface area is 424 Å². The highest BCUT2D eigenvalue weighted by atomic mass is 15.1. The molecule has 14 aromatic rings. The summed E-state index contributed by atoms with van der Waals surface area (Å²) >= 11 is 0. The molecule has 0 radical (unpaired) electrons. The molecule has 0 saturated carbocycles. The molecular formula is C71H48N2. The zero-order chi connectivity index (χ0) is 48.2. The van der Waals surface area contributed by atoms with Crippen LogP contribution in [0.4, 0.5) is 11.4 Å². The van der Waals surface area contributed by atoms with Gasteiger partial charge < -0.3 is 9.47 Å². The van der Waals surface area contributed by atoms with E-state index in [9.17, 15) is 0 Å². The second-order valence-electron chi connectivity index (χ2n) is 19.2. The number of para-hydroxylation sites is 1. The van der Waals surface area contributed by atoms with Gasteiger partial charge in [-0.3, -0.25) is 0 Å². The van der Waals surface area contributed by atoms with Gasteiger partial charge in [-0.1, -0.05) is 218 Å². The van der Waals surface area contributed by atoms with E-state index >= 15 is 0 Å². The van der Waals surface area contributed by atoms with Crippen molar-refractivity contribution in [2.75, 3.05) is 4.90 Å². The highest BCUT2D eigenvalue weighted by Crippen LogP contribution is 2.44. The Morgan fingerprint density at radius 1 is 0.274 bits per heavy atom. The standard InChI is InChI=1S/C71H48N2/c1-3-18-48(19-4-1)54-37-41-69(66(43-54)55-25-17-26-58(42-55)73-70-33-16-15-32-65(70)68-45-51-22-7-8-23-52(51)46-71(68)73)72(47-56-24-9-10-27-59(56)50-20-5-2-6-21-50)57-38-34-49(35-39-57)53-36-40-64-62-30-12-11-28-60(62)61-29-13-14-31-63(61)67(64)44-53/h1-46H,47H2. The van der Waals surface area contributed by atoms with Crippen LogP contribution in [0.2, 0.25) is 0 Å².